The number of benzene rings is 1. The predicted octanol–water partition coefficient (Wildman–Crippen LogP) is 1.40. The van der Waals surface area contributed by atoms with Gasteiger partial charge in [-0.1, -0.05) is 6.07 Å². The number of rotatable bonds is 4. The number of hydrogen-bond acceptors (Lipinski definition) is 4. The van der Waals surface area contributed by atoms with E-state index in [-0.39, 0.29) is 6.61 Å². The normalized spacial score (nSPS) is 13.9. The van der Waals surface area contributed by atoms with E-state index >= 15 is 0 Å². The molecule has 0 heterocycles. The molecule has 17 heavy (non-hydrogen) atoms. The second-order valence-corrected chi connectivity index (χ2v) is 4.11. The van der Waals surface area contributed by atoms with Gasteiger partial charge in [-0.3, -0.25) is 0 Å². The summed E-state index contributed by atoms with van der Waals surface area (Å²) in [6, 6.07) is 4.18. The number of carbonyl (C=O) groups excluding carboxylic acids is 1. The summed E-state index contributed by atoms with van der Waals surface area (Å²) in [6.07, 6.45) is 0. The van der Waals surface area contributed by atoms with Gasteiger partial charge < -0.3 is 15.2 Å². The molecule has 1 atom stereocenters. The van der Waals surface area contributed by atoms with E-state index in [4.69, 9.17) is 10.5 Å². The highest BCUT2D eigenvalue weighted by molar-refractivity contribution is 5.80. The molecule has 0 aliphatic heterocycles. The Hall–Kier alpha value is -1.62. The molecular formula is C12H16FNO3. The number of ether oxygens (including phenoxy) is 2. The molecule has 4 nitrogen and oxygen atoms in total. The Bertz CT molecular complexity index is 418. The Balaban J connectivity index is 2.73. The summed E-state index contributed by atoms with van der Waals surface area (Å²) in [5.41, 5.74) is 5.23. The third-order valence-corrected chi connectivity index (χ3v) is 2.33. The van der Waals surface area contributed by atoms with Crippen molar-refractivity contribution in [2.75, 3.05) is 13.7 Å². The topological polar surface area (TPSA) is 61.5 Å². The van der Waals surface area contributed by atoms with Gasteiger partial charge in [0.25, 0.3) is 0 Å². The van der Waals surface area contributed by atoms with Crippen LogP contribution in [-0.4, -0.2) is 25.2 Å². The van der Waals surface area contributed by atoms with Crippen molar-refractivity contribution < 1.29 is 18.7 Å². The SMILES string of the molecule is COC(=O)C(C)(N)COc1cc(F)ccc1C. The number of hydrogen-bond donors (Lipinski definition) is 1. The van der Waals surface area contributed by atoms with Crippen molar-refractivity contribution in [3.05, 3.63) is 29.6 Å². The van der Waals surface area contributed by atoms with Crippen LogP contribution in [0.25, 0.3) is 0 Å². The van der Waals surface area contributed by atoms with Gasteiger partial charge in [-0.25, -0.2) is 9.18 Å². The van der Waals surface area contributed by atoms with E-state index in [1.807, 2.05) is 0 Å². The summed E-state index contributed by atoms with van der Waals surface area (Å²) in [6.45, 7) is 3.19. The largest absolute Gasteiger partial charge is 0.491 e. The van der Waals surface area contributed by atoms with Crippen molar-refractivity contribution in [2.45, 2.75) is 19.4 Å². The zero-order valence-electron chi connectivity index (χ0n) is 10.1. The predicted molar refractivity (Wildman–Crippen MR) is 61.2 cm³/mol. The second kappa shape index (κ2) is 5.14. The lowest BCUT2D eigenvalue weighted by molar-refractivity contribution is -0.147. The summed E-state index contributed by atoms with van der Waals surface area (Å²) in [5.74, 6) is -0.612. The van der Waals surface area contributed by atoms with Crippen LogP contribution < -0.4 is 10.5 Å². The van der Waals surface area contributed by atoms with Gasteiger partial charge in [0, 0.05) is 6.07 Å². The first-order chi connectivity index (χ1) is 7.86. The highest BCUT2D eigenvalue weighted by atomic mass is 19.1. The van der Waals surface area contributed by atoms with Crippen LogP contribution in [0.4, 0.5) is 4.39 Å². The fourth-order valence-electron chi connectivity index (χ4n) is 1.25. The molecule has 0 saturated carbocycles. The number of esters is 1. The molecule has 1 unspecified atom stereocenters. The van der Waals surface area contributed by atoms with Crippen molar-refractivity contribution in [1.82, 2.24) is 0 Å². The fraction of sp³-hybridized carbons (Fsp3) is 0.417. The average Bonchev–Trinajstić information content (AvgIpc) is 2.29. The van der Waals surface area contributed by atoms with Crippen molar-refractivity contribution in [3.63, 3.8) is 0 Å². The third-order valence-electron chi connectivity index (χ3n) is 2.33. The van der Waals surface area contributed by atoms with Gasteiger partial charge in [0.15, 0.2) is 0 Å². The molecule has 1 rings (SSSR count). The molecule has 0 fully saturated rings. The maximum absolute atomic E-state index is 13.0. The van der Waals surface area contributed by atoms with Crippen LogP contribution in [-0.2, 0) is 9.53 Å². The number of methoxy groups -OCH3 is 1. The van der Waals surface area contributed by atoms with E-state index in [2.05, 4.69) is 4.74 Å². The summed E-state index contributed by atoms with van der Waals surface area (Å²) in [4.78, 5) is 11.3. The standard InChI is InChI=1S/C12H16FNO3/c1-8-4-5-9(13)6-10(8)17-7-12(2,14)11(15)16-3/h4-6H,7,14H2,1-3H3. The zero-order chi connectivity index (χ0) is 13.1. The van der Waals surface area contributed by atoms with Gasteiger partial charge in [-0.15, -0.1) is 0 Å². The molecule has 0 aromatic heterocycles. The Morgan fingerprint density at radius 3 is 2.76 bits per heavy atom. The Morgan fingerprint density at radius 2 is 2.18 bits per heavy atom. The molecule has 0 saturated heterocycles. The van der Waals surface area contributed by atoms with E-state index in [0.717, 1.165) is 5.56 Å². The minimum absolute atomic E-state index is 0.0794. The molecule has 1 aromatic carbocycles. The number of halogens is 1. The number of aryl methyl sites for hydroxylation is 1. The van der Waals surface area contributed by atoms with Crippen molar-refractivity contribution in [2.24, 2.45) is 5.73 Å². The minimum atomic E-state index is -1.26. The Labute approximate surface area is 99.5 Å². The lowest BCUT2D eigenvalue weighted by Crippen LogP contribution is -2.50. The van der Waals surface area contributed by atoms with Gasteiger partial charge in [-0.05, 0) is 25.5 Å². The van der Waals surface area contributed by atoms with Crippen LogP contribution in [0.15, 0.2) is 18.2 Å². The Kier molecular flexibility index (Phi) is 4.07. The molecule has 0 aliphatic rings. The van der Waals surface area contributed by atoms with Gasteiger partial charge in [-0.2, -0.15) is 0 Å². The monoisotopic (exact) mass is 241 g/mol. The number of nitrogens with two attached hydrogens (primary N) is 1. The highest BCUT2D eigenvalue weighted by Crippen LogP contribution is 2.19. The zero-order valence-corrected chi connectivity index (χ0v) is 10.1. The first-order valence-corrected chi connectivity index (χ1v) is 5.13. The minimum Gasteiger partial charge on any atom is -0.491 e. The van der Waals surface area contributed by atoms with Crippen LogP contribution in [0.1, 0.15) is 12.5 Å². The maximum atomic E-state index is 13.0. The summed E-state index contributed by atoms with van der Waals surface area (Å²) >= 11 is 0. The maximum Gasteiger partial charge on any atom is 0.329 e. The van der Waals surface area contributed by atoms with Crippen LogP contribution in [0.5, 0.6) is 5.75 Å². The lowest BCUT2D eigenvalue weighted by atomic mass is 10.1. The molecule has 0 spiro atoms. The summed E-state index contributed by atoms with van der Waals surface area (Å²) in [5, 5.41) is 0. The van der Waals surface area contributed by atoms with Gasteiger partial charge in [0.05, 0.1) is 7.11 Å². The quantitative estimate of drug-likeness (QED) is 0.809. The smallest absolute Gasteiger partial charge is 0.329 e. The van der Waals surface area contributed by atoms with Crippen LogP contribution in [0, 0.1) is 12.7 Å². The summed E-state index contributed by atoms with van der Waals surface area (Å²) < 4.78 is 22.9. The fourth-order valence-corrected chi connectivity index (χ4v) is 1.25. The van der Waals surface area contributed by atoms with Crippen molar-refractivity contribution in [3.8, 4) is 5.75 Å². The highest BCUT2D eigenvalue weighted by Gasteiger charge is 2.30. The van der Waals surface area contributed by atoms with Gasteiger partial charge in [0.1, 0.15) is 23.7 Å². The molecule has 2 N–H and O–H groups in total. The van der Waals surface area contributed by atoms with Crippen LogP contribution in [0.2, 0.25) is 0 Å². The van der Waals surface area contributed by atoms with E-state index in [0.29, 0.717) is 5.75 Å². The van der Waals surface area contributed by atoms with E-state index in [1.54, 1.807) is 13.0 Å². The average molecular weight is 241 g/mol. The number of carbonyl (C=O) groups is 1. The van der Waals surface area contributed by atoms with E-state index in [9.17, 15) is 9.18 Å². The molecule has 5 heteroatoms. The van der Waals surface area contributed by atoms with Crippen LogP contribution >= 0.6 is 0 Å². The summed E-state index contributed by atoms with van der Waals surface area (Å²) in [7, 11) is 1.25. The first-order valence-electron chi connectivity index (χ1n) is 5.13. The molecule has 94 valence electrons. The molecule has 0 aliphatic carbocycles. The lowest BCUT2D eigenvalue weighted by Gasteiger charge is -2.22. The molecular weight excluding hydrogens is 225 g/mol. The van der Waals surface area contributed by atoms with Crippen molar-refractivity contribution >= 4 is 5.97 Å². The second-order valence-electron chi connectivity index (χ2n) is 4.11. The van der Waals surface area contributed by atoms with Gasteiger partial charge in [0.2, 0.25) is 0 Å². The van der Waals surface area contributed by atoms with Crippen LogP contribution in [0.3, 0.4) is 0 Å². The van der Waals surface area contributed by atoms with Gasteiger partial charge >= 0.3 is 5.97 Å². The van der Waals surface area contributed by atoms with E-state index in [1.165, 1.54) is 26.2 Å². The molecule has 0 radical (unpaired) electrons. The third kappa shape index (κ3) is 3.42. The van der Waals surface area contributed by atoms with E-state index < -0.39 is 17.3 Å². The Morgan fingerprint density at radius 1 is 1.53 bits per heavy atom. The molecule has 0 amide bonds. The molecule has 1 aromatic rings. The molecule has 0 bridgehead atoms. The van der Waals surface area contributed by atoms with Crippen molar-refractivity contribution in [1.29, 1.82) is 0 Å². The first kappa shape index (κ1) is 13.4.